The van der Waals surface area contributed by atoms with Crippen molar-refractivity contribution < 1.29 is 14.3 Å². The van der Waals surface area contributed by atoms with Crippen molar-refractivity contribution in [2.45, 2.75) is 26.1 Å². The second-order valence-corrected chi connectivity index (χ2v) is 4.24. The van der Waals surface area contributed by atoms with Gasteiger partial charge in [-0.05, 0) is 37.6 Å². The normalized spacial score (nSPS) is 11.3. The number of ether oxygens (including phenoxy) is 2. The van der Waals surface area contributed by atoms with E-state index in [-0.39, 0.29) is 18.3 Å². The minimum absolute atomic E-state index is 0. The SMILES string of the molecule is COc1cccc(COC(C)C(=O)NCCCN)c1.Cl. The van der Waals surface area contributed by atoms with Crippen LogP contribution in [-0.2, 0) is 16.1 Å². The Morgan fingerprint density at radius 3 is 2.85 bits per heavy atom. The van der Waals surface area contributed by atoms with Crippen LogP contribution in [0.2, 0.25) is 0 Å². The van der Waals surface area contributed by atoms with Gasteiger partial charge in [-0.25, -0.2) is 0 Å². The Hall–Kier alpha value is -1.30. The summed E-state index contributed by atoms with van der Waals surface area (Å²) < 4.78 is 10.6. The van der Waals surface area contributed by atoms with Crippen LogP contribution in [0.25, 0.3) is 0 Å². The number of halogens is 1. The Labute approximate surface area is 126 Å². The molecule has 1 unspecified atom stereocenters. The fraction of sp³-hybridized carbons (Fsp3) is 0.500. The molecule has 0 aromatic heterocycles. The molecule has 114 valence electrons. The third kappa shape index (κ3) is 6.75. The number of methoxy groups -OCH3 is 1. The van der Waals surface area contributed by atoms with Gasteiger partial charge >= 0.3 is 0 Å². The van der Waals surface area contributed by atoms with Crippen molar-refractivity contribution in [3.8, 4) is 5.75 Å². The van der Waals surface area contributed by atoms with E-state index in [2.05, 4.69) is 5.32 Å². The number of rotatable bonds is 8. The van der Waals surface area contributed by atoms with Gasteiger partial charge in [-0.2, -0.15) is 0 Å². The number of carbonyl (C=O) groups is 1. The molecule has 1 atom stereocenters. The second-order valence-electron chi connectivity index (χ2n) is 4.24. The van der Waals surface area contributed by atoms with Gasteiger partial charge in [0.25, 0.3) is 0 Å². The molecule has 20 heavy (non-hydrogen) atoms. The number of benzene rings is 1. The van der Waals surface area contributed by atoms with Gasteiger partial charge in [-0.3, -0.25) is 4.79 Å². The van der Waals surface area contributed by atoms with E-state index in [9.17, 15) is 4.79 Å². The number of hydrogen-bond donors (Lipinski definition) is 2. The molecule has 0 heterocycles. The van der Waals surface area contributed by atoms with E-state index < -0.39 is 6.10 Å². The zero-order valence-corrected chi connectivity index (χ0v) is 12.7. The van der Waals surface area contributed by atoms with Crippen LogP contribution in [0.4, 0.5) is 0 Å². The molecule has 3 N–H and O–H groups in total. The Morgan fingerprint density at radius 1 is 1.45 bits per heavy atom. The van der Waals surface area contributed by atoms with Crippen molar-refractivity contribution in [1.82, 2.24) is 5.32 Å². The van der Waals surface area contributed by atoms with Crippen molar-refractivity contribution in [3.63, 3.8) is 0 Å². The van der Waals surface area contributed by atoms with Gasteiger partial charge in [0.2, 0.25) is 5.91 Å². The average molecular weight is 303 g/mol. The third-order valence-electron chi connectivity index (χ3n) is 2.68. The second kappa shape index (κ2) is 10.5. The van der Waals surface area contributed by atoms with Crippen molar-refractivity contribution >= 4 is 18.3 Å². The third-order valence-corrected chi connectivity index (χ3v) is 2.68. The summed E-state index contributed by atoms with van der Waals surface area (Å²) >= 11 is 0. The van der Waals surface area contributed by atoms with Crippen LogP contribution in [0, 0.1) is 0 Å². The molecule has 0 radical (unpaired) electrons. The number of hydrogen-bond acceptors (Lipinski definition) is 4. The van der Waals surface area contributed by atoms with E-state index in [4.69, 9.17) is 15.2 Å². The Morgan fingerprint density at radius 2 is 2.20 bits per heavy atom. The molecule has 0 aliphatic carbocycles. The highest BCUT2D eigenvalue weighted by atomic mass is 35.5. The predicted molar refractivity (Wildman–Crippen MR) is 81.2 cm³/mol. The summed E-state index contributed by atoms with van der Waals surface area (Å²) in [7, 11) is 1.62. The first-order valence-corrected chi connectivity index (χ1v) is 6.39. The molecule has 0 spiro atoms. The average Bonchev–Trinajstić information content (AvgIpc) is 2.45. The maximum atomic E-state index is 11.7. The summed E-state index contributed by atoms with van der Waals surface area (Å²) in [6.45, 7) is 3.27. The molecule has 0 aliphatic heterocycles. The molecule has 0 bridgehead atoms. The highest BCUT2D eigenvalue weighted by molar-refractivity contribution is 5.85. The number of amides is 1. The lowest BCUT2D eigenvalue weighted by Gasteiger charge is -2.13. The first-order valence-electron chi connectivity index (χ1n) is 6.39. The van der Waals surface area contributed by atoms with E-state index in [1.165, 1.54) is 0 Å². The maximum absolute atomic E-state index is 11.7. The van der Waals surface area contributed by atoms with E-state index in [0.29, 0.717) is 19.7 Å². The molecule has 0 saturated heterocycles. The van der Waals surface area contributed by atoms with E-state index in [1.807, 2.05) is 24.3 Å². The van der Waals surface area contributed by atoms with Gasteiger partial charge in [0.05, 0.1) is 13.7 Å². The quantitative estimate of drug-likeness (QED) is 0.714. The largest absolute Gasteiger partial charge is 0.497 e. The van der Waals surface area contributed by atoms with Crippen LogP contribution in [-0.4, -0.2) is 32.2 Å². The van der Waals surface area contributed by atoms with Crippen LogP contribution in [0.5, 0.6) is 5.75 Å². The van der Waals surface area contributed by atoms with Gasteiger partial charge in [0.15, 0.2) is 0 Å². The summed E-state index contributed by atoms with van der Waals surface area (Å²) in [5.74, 6) is 0.664. The first-order chi connectivity index (χ1) is 9.17. The zero-order valence-electron chi connectivity index (χ0n) is 11.9. The number of nitrogens with one attached hydrogen (secondary N) is 1. The van der Waals surface area contributed by atoms with Crippen molar-refractivity contribution in [2.24, 2.45) is 5.73 Å². The molecule has 0 aliphatic rings. The van der Waals surface area contributed by atoms with E-state index in [0.717, 1.165) is 17.7 Å². The van der Waals surface area contributed by atoms with Crippen molar-refractivity contribution in [3.05, 3.63) is 29.8 Å². The minimum Gasteiger partial charge on any atom is -0.497 e. The molecular formula is C14H23ClN2O3. The van der Waals surface area contributed by atoms with Crippen LogP contribution < -0.4 is 15.8 Å². The molecule has 1 amide bonds. The lowest BCUT2D eigenvalue weighted by molar-refractivity contribution is -0.132. The summed E-state index contributed by atoms with van der Waals surface area (Å²) in [5.41, 5.74) is 6.33. The zero-order chi connectivity index (χ0) is 14.1. The lowest BCUT2D eigenvalue weighted by atomic mass is 10.2. The summed E-state index contributed by atoms with van der Waals surface area (Å²) in [5, 5.41) is 2.77. The minimum atomic E-state index is -0.482. The van der Waals surface area contributed by atoms with Gasteiger partial charge in [0, 0.05) is 6.54 Å². The first kappa shape index (κ1) is 18.7. The van der Waals surface area contributed by atoms with Gasteiger partial charge in [-0.15, -0.1) is 12.4 Å². The monoisotopic (exact) mass is 302 g/mol. The maximum Gasteiger partial charge on any atom is 0.248 e. The standard InChI is InChI=1S/C14H22N2O3.ClH/c1-11(14(17)16-8-4-7-15)19-10-12-5-3-6-13(9-12)18-2;/h3,5-6,9,11H,4,7-8,10,15H2,1-2H3,(H,16,17);1H. The van der Waals surface area contributed by atoms with Crippen LogP contribution in [0.15, 0.2) is 24.3 Å². The summed E-state index contributed by atoms with van der Waals surface area (Å²) in [6.07, 6.45) is 0.290. The van der Waals surface area contributed by atoms with Crippen LogP contribution in [0.3, 0.4) is 0 Å². The Balaban J connectivity index is 0.00000361. The lowest BCUT2D eigenvalue weighted by Crippen LogP contribution is -2.35. The van der Waals surface area contributed by atoms with Gasteiger partial charge in [0.1, 0.15) is 11.9 Å². The van der Waals surface area contributed by atoms with Gasteiger partial charge < -0.3 is 20.5 Å². The fourth-order valence-electron chi connectivity index (χ4n) is 1.52. The number of carbonyl (C=O) groups excluding carboxylic acids is 1. The smallest absolute Gasteiger partial charge is 0.248 e. The van der Waals surface area contributed by atoms with Crippen LogP contribution in [0.1, 0.15) is 18.9 Å². The molecule has 0 fully saturated rings. The molecule has 1 aromatic carbocycles. The molecule has 0 saturated carbocycles. The van der Waals surface area contributed by atoms with Gasteiger partial charge in [-0.1, -0.05) is 12.1 Å². The van der Waals surface area contributed by atoms with Crippen molar-refractivity contribution in [1.29, 1.82) is 0 Å². The van der Waals surface area contributed by atoms with E-state index in [1.54, 1.807) is 14.0 Å². The topological polar surface area (TPSA) is 73.6 Å². The molecule has 1 rings (SSSR count). The highest BCUT2D eigenvalue weighted by Gasteiger charge is 2.12. The van der Waals surface area contributed by atoms with Crippen LogP contribution >= 0.6 is 12.4 Å². The number of nitrogens with two attached hydrogens (primary N) is 1. The predicted octanol–water partition coefficient (Wildman–Crippen LogP) is 1.49. The molecule has 6 heteroatoms. The summed E-state index contributed by atoms with van der Waals surface area (Å²) in [4.78, 5) is 11.7. The Bertz CT molecular complexity index is 402. The molecular weight excluding hydrogens is 280 g/mol. The fourth-order valence-corrected chi connectivity index (χ4v) is 1.52. The molecule has 5 nitrogen and oxygen atoms in total. The Kier molecular flexibility index (Phi) is 9.80. The molecule has 1 aromatic rings. The van der Waals surface area contributed by atoms with E-state index >= 15 is 0 Å². The van der Waals surface area contributed by atoms with Crippen molar-refractivity contribution in [2.75, 3.05) is 20.2 Å². The summed E-state index contributed by atoms with van der Waals surface area (Å²) in [6, 6.07) is 7.58. The highest BCUT2D eigenvalue weighted by Crippen LogP contribution is 2.13.